The molecule has 3 aromatic rings. The molecule has 3 heterocycles. The fraction of sp³-hybridized carbons (Fsp3) is 0.391. The SMILES string of the molecule is C=C(c1nc(-c2cc(C)no2)cc2c(NC[C@@H]3CCN(C)C[C@@H]3F)cccc12)C(F)(F)F. The number of hydrogen-bond acceptors (Lipinski definition) is 5. The van der Waals surface area contributed by atoms with Crippen LogP contribution in [0.3, 0.4) is 0 Å². The number of hydrogen-bond donors (Lipinski definition) is 1. The van der Waals surface area contributed by atoms with Gasteiger partial charge in [-0.05, 0) is 39.1 Å². The number of piperidine rings is 1. The van der Waals surface area contributed by atoms with Gasteiger partial charge in [-0.1, -0.05) is 23.9 Å². The number of allylic oxidation sites excluding steroid dienone is 1. The molecule has 32 heavy (non-hydrogen) atoms. The van der Waals surface area contributed by atoms with E-state index in [-0.39, 0.29) is 23.1 Å². The molecule has 170 valence electrons. The molecule has 0 saturated carbocycles. The molecule has 2 atom stereocenters. The summed E-state index contributed by atoms with van der Waals surface area (Å²) in [4.78, 5) is 6.17. The van der Waals surface area contributed by atoms with E-state index in [1.54, 1.807) is 37.3 Å². The predicted octanol–water partition coefficient (Wildman–Crippen LogP) is 5.48. The Labute approximate surface area is 183 Å². The highest BCUT2D eigenvalue weighted by molar-refractivity contribution is 6.01. The third kappa shape index (κ3) is 4.48. The van der Waals surface area contributed by atoms with Gasteiger partial charge in [0.1, 0.15) is 11.9 Å². The second-order valence-corrected chi connectivity index (χ2v) is 8.27. The summed E-state index contributed by atoms with van der Waals surface area (Å²) in [5.74, 6) is 0.0823. The Balaban J connectivity index is 1.76. The minimum absolute atomic E-state index is 0.177. The first-order valence-electron chi connectivity index (χ1n) is 10.3. The molecule has 0 amide bonds. The fourth-order valence-corrected chi connectivity index (χ4v) is 3.98. The summed E-state index contributed by atoms with van der Waals surface area (Å²) in [6, 6.07) is 8.26. The molecule has 0 radical (unpaired) electrons. The van der Waals surface area contributed by atoms with Crippen LogP contribution in [-0.2, 0) is 0 Å². The van der Waals surface area contributed by atoms with Crippen LogP contribution in [0.4, 0.5) is 23.2 Å². The van der Waals surface area contributed by atoms with Crippen LogP contribution >= 0.6 is 0 Å². The molecule has 1 fully saturated rings. The zero-order valence-corrected chi connectivity index (χ0v) is 17.8. The number of nitrogens with zero attached hydrogens (tertiary/aromatic N) is 3. The first-order chi connectivity index (χ1) is 15.1. The smallest absolute Gasteiger partial charge is 0.384 e. The van der Waals surface area contributed by atoms with Gasteiger partial charge in [-0.3, -0.25) is 0 Å². The fourth-order valence-electron chi connectivity index (χ4n) is 3.98. The molecule has 0 spiro atoms. The van der Waals surface area contributed by atoms with Crippen molar-refractivity contribution in [2.45, 2.75) is 25.7 Å². The van der Waals surface area contributed by atoms with Gasteiger partial charge in [-0.25, -0.2) is 9.37 Å². The molecule has 1 N–H and O–H groups in total. The molecular weight excluding hydrogens is 424 g/mol. The summed E-state index contributed by atoms with van der Waals surface area (Å²) in [5, 5.41) is 7.88. The molecule has 2 aromatic heterocycles. The summed E-state index contributed by atoms with van der Waals surface area (Å²) in [7, 11) is 1.88. The standard InChI is InChI=1S/C23H24F4N4O/c1-13-9-21(32-30-13)20-10-17-16(22(29-20)14(2)23(25,26)27)5-4-6-19(17)28-11-15-7-8-31(3)12-18(15)24/h4-6,9-10,15,18,28H,2,7-8,11-12H2,1,3H3/t15-,18-/m0/s1. The van der Waals surface area contributed by atoms with Gasteiger partial charge in [0.15, 0.2) is 5.76 Å². The molecule has 1 aromatic carbocycles. The van der Waals surface area contributed by atoms with Gasteiger partial charge in [0.05, 0.1) is 17.0 Å². The van der Waals surface area contributed by atoms with Crippen LogP contribution in [-0.4, -0.2) is 54.1 Å². The Morgan fingerprint density at radius 2 is 2.06 bits per heavy atom. The molecular formula is C23H24F4N4O. The number of likely N-dealkylation sites (tertiary alicyclic amines) is 1. The highest BCUT2D eigenvalue weighted by atomic mass is 19.4. The van der Waals surface area contributed by atoms with Crippen molar-refractivity contribution in [1.29, 1.82) is 0 Å². The number of aromatic nitrogens is 2. The highest BCUT2D eigenvalue weighted by Gasteiger charge is 2.35. The Bertz CT molecular complexity index is 1140. The predicted molar refractivity (Wildman–Crippen MR) is 116 cm³/mol. The van der Waals surface area contributed by atoms with Crippen LogP contribution in [0.1, 0.15) is 17.8 Å². The van der Waals surface area contributed by atoms with Gasteiger partial charge < -0.3 is 14.7 Å². The Morgan fingerprint density at radius 3 is 2.72 bits per heavy atom. The number of pyridine rings is 1. The van der Waals surface area contributed by atoms with Gasteiger partial charge in [-0.15, -0.1) is 0 Å². The van der Waals surface area contributed by atoms with Crippen LogP contribution in [0.2, 0.25) is 0 Å². The lowest BCUT2D eigenvalue weighted by Crippen LogP contribution is -2.41. The van der Waals surface area contributed by atoms with Gasteiger partial charge in [0, 0.05) is 41.5 Å². The number of benzene rings is 1. The average Bonchev–Trinajstić information content (AvgIpc) is 3.17. The van der Waals surface area contributed by atoms with E-state index in [9.17, 15) is 17.6 Å². The lowest BCUT2D eigenvalue weighted by Gasteiger charge is -2.32. The lowest BCUT2D eigenvalue weighted by atomic mass is 9.95. The van der Waals surface area contributed by atoms with Crippen LogP contribution in [0.5, 0.6) is 0 Å². The van der Waals surface area contributed by atoms with E-state index in [1.807, 2.05) is 11.9 Å². The zero-order chi connectivity index (χ0) is 23.0. The van der Waals surface area contributed by atoms with E-state index in [0.717, 1.165) is 6.54 Å². The van der Waals surface area contributed by atoms with Gasteiger partial charge >= 0.3 is 6.18 Å². The third-order valence-corrected chi connectivity index (χ3v) is 5.82. The number of fused-ring (bicyclic) bond motifs is 1. The van der Waals surface area contributed by atoms with Crippen molar-refractivity contribution in [3.05, 3.63) is 48.3 Å². The Morgan fingerprint density at radius 1 is 1.28 bits per heavy atom. The van der Waals surface area contributed by atoms with Gasteiger partial charge in [0.25, 0.3) is 0 Å². The van der Waals surface area contributed by atoms with Crippen molar-refractivity contribution in [3.8, 4) is 11.5 Å². The van der Waals surface area contributed by atoms with Crippen LogP contribution in [0.25, 0.3) is 27.8 Å². The summed E-state index contributed by atoms with van der Waals surface area (Å²) >= 11 is 0. The molecule has 5 nitrogen and oxygen atoms in total. The summed E-state index contributed by atoms with van der Waals surface area (Å²) in [6.07, 6.45) is -4.91. The van der Waals surface area contributed by atoms with Crippen molar-refractivity contribution in [1.82, 2.24) is 15.0 Å². The summed E-state index contributed by atoms with van der Waals surface area (Å²) < 4.78 is 60.3. The lowest BCUT2D eigenvalue weighted by molar-refractivity contribution is -0.0688. The normalized spacial score (nSPS) is 19.9. The average molecular weight is 448 g/mol. The van der Waals surface area contributed by atoms with Crippen molar-refractivity contribution < 1.29 is 22.1 Å². The maximum absolute atomic E-state index is 14.5. The number of nitrogens with one attached hydrogen (secondary N) is 1. The van der Waals surface area contributed by atoms with Gasteiger partial charge in [0.2, 0.25) is 0 Å². The maximum Gasteiger partial charge on any atom is 0.417 e. The van der Waals surface area contributed by atoms with Crippen molar-refractivity contribution in [2.24, 2.45) is 5.92 Å². The molecule has 0 bridgehead atoms. The van der Waals surface area contributed by atoms with E-state index in [0.29, 0.717) is 41.7 Å². The summed E-state index contributed by atoms with van der Waals surface area (Å²) in [5.41, 5.74) is 0.0862. The quantitative estimate of drug-likeness (QED) is 0.524. The highest BCUT2D eigenvalue weighted by Crippen LogP contribution is 2.38. The molecule has 0 aliphatic carbocycles. The molecule has 1 aliphatic heterocycles. The largest absolute Gasteiger partial charge is 0.417 e. The summed E-state index contributed by atoms with van der Waals surface area (Å²) in [6.45, 7) is 6.51. The molecule has 1 aliphatic rings. The Hall–Kier alpha value is -2.94. The number of aryl methyl sites for hydroxylation is 1. The minimum atomic E-state index is -4.64. The molecule has 4 rings (SSSR count). The van der Waals surface area contributed by atoms with E-state index in [4.69, 9.17) is 4.52 Å². The topological polar surface area (TPSA) is 54.2 Å². The minimum Gasteiger partial charge on any atom is -0.384 e. The maximum atomic E-state index is 14.5. The monoisotopic (exact) mass is 448 g/mol. The molecule has 1 saturated heterocycles. The number of anilines is 1. The van der Waals surface area contributed by atoms with Gasteiger partial charge in [-0.2, -0.15) is 13.2 Å². The van der Waals surface area contributed by atoms with Crippen LogP contribution in [0, 0.1) is 12.8 Å². The second-order valence-electron chi connectivity index (χ2n) is 8.27. The van der Waals surface area contributed by atoms with Crippen molar-refractivity contribution in [3.63, 3.8) is 0 Å². The molecule has 9 heteroatoms. The second kappa shape index (κ2) is 8.54. The van der Waals surface area contributed by atoms with E-state index < -0.39 is 17.9 Å². The van der Waals surface area contributed by atoms with E-state index in [2.05, 4.69) is 22.0 Å². The van der Waals surface area contributed by atoms with Crippen LogP contribution < -0.4 is 5.32 Å². The number of rotatable bonds is 5. The van der Waals surface area contributed by atoms with Crippen molar-refractivity contribution >= 4 is 22.0 Å². The zero-order valence-electron chi connectivity index (χ0n) is 17.8. The number of alkyl halides is 4. The first kappa shape index (κ1) is 22.3. The Kier molecular flexibility index (Phi) is 5.94. The van der Waals surface area contributed by atoms with Crippen LogP contribution in [0.15, 0.2) is 41.4 Å². The van der Waals surface area contributed by atoms with Crippen molar-refractivity contribution in [2.75, 3.05) is 32.0 Å². The first-order valence-corrected chi connectivity index (χ1v) is 10.3. The van der Waals surface area contributed by atoms with E-state index in [1.165, 1.54) is 0 Å². The molecule has 0 unspecified atom stereocenters. The van der Waals surface area contributed by atoms with E-state index >= 15 is 0 Å². The number of halogens is 4. The third-order valence-electron chi connectivity index (χ3n) is 5.82.